The van der Waals surface area contributed by atoms with Crippen molar-refractivity contribution in [3.05, 3.63) is 65.2 Å². The lowest BCUT2D eigenvalue weighted by atomic mass is 9.95. The fourth-order valence-electron chi connectivity index (χ4n) is 3.33. The Kier molecular flexibility index (Phi) is 7.96. The minimum Gasteiger partial charge on any atom is -0.345 e. The van der Waals surface area contributed by atoms with Crippen LogP contribution in [0, 0.1) is 5.92 Å². The summed E-state index contributed by atoms with van der Waals surface area (Å²) in [6, 6.07) is 14.8. The average Bonchev–Trinajstić information content (AvgIpc) is 2.67. The van der Waals surface area contributed by atoms with Crippen molar-refractivity contribution in [1.29, 1.82) is 0 Å². The van der Waals surface area contributed by atoms with E-state index in [1.807, 2.05) is 6.92 Å². The maximum atomic E-state index is 12.5. The number of nitrogens with one attached hydrogen (secondary N) is 1. The fourth-order valence-corrected chi connectivity index (χ4v) is 3.85. The Labute approximate surface area is 173 Å². The van der Waals surface area contributed by atoms with E-state index in [1.165, 1.54) is 23.3 Å². The molecular weight excluding hydrogens is 386 g/mol. The standard InChI is InChI=1S/C22H31N3O3S/c1-5-17-6-8-19(9-7-17)22(15(2)3)24-14-21(26)25-16(4)18-10-12-20(13-11-18)29(23,27)28/h6-13,15-16,22,24H,5,14H2,1-4H3,(H,25,26)(H2,23,27,28)/p+1/t16-,22-/m1/s1. The molecular formula is C22H32N3O3S+. The molecule has 0 aromatic heterocycles. The summed E-state index contributed by atoms with van der Waals surface area (Å²) in [5.74, 6) is 0.322. The van der Waals surface area contributed by atoms with Crippen LogP contribution in [-0.4, -0.2) is 20.9 Å². The first kappa shape index (κ1) is 23.1. The van der Waals surface area contributed by atoms with Gasteiger partial charge in [-0.3, -0.25) is 4.79 Å². The maximum Gasteiger partial charge on any atom is 0.275 e. The number of sulfonamides is 1. The highest BCUT2D eigenvalue weighted by atomic mass is 32.2. The van der Waals surface area contributed by atoms with Crippen molar-refractivity contribution >= 4 is 15.9 Å². The summed E-state index contributed by atoms with van der Waals surface area (Å²) in [7, 11) is -3.72. The van der Waals surface area contributed by atoms with Crippen molar-refractivity contribution < 1.29 is 18.5 Å². The van der Waals surface area contributed by atoms with Gasteiger partial charge in [0.15, 0.2) is 6.54 Å². The normalized spacial score (nSPS) is 13.9. The van der Waals surface area contributed by atoms with E-state index < -0.39 is 10.0 Å². The Hall–Kier alpha value is -2.22. The predicted octanol–water partition coefficient (Wildman–Crippen LogP) is 2.03. The van der Waals surface area contributed by atoms with Crippen molar-refractivity contribution in [2.24, 2.45) is 11.1 Å². The molecule has 2 aromatic carbocycles. The molecule has 158 valence electrons. The number of benzene rings is 2. The first-order valence-electron chi connectivity index (χ1n) is 9.96. The predicted molar refractivity (Wildman–Crippen MR) is 115 cm³/mol. The van der Waals surface area contributed by atoms with Crippen LogP contribution in [0.1, 0.15) is 56.5 Å². The van der Waals surface area contributed by atoms with Gasteiger partial charge < -0.3 is 10.6 Å². The third-order valence-electron chi connectivity index (χ3n) is 5.13. The second-order valence-electron chi connectivity index (χ2n) is 7.71. The van der Waals surface area contributed by atoms with Crippen molar-refractivity contribution in [2.45, 2.75) is 51.1 Å². The van der Waals surface area contributed by atoms with Gasteiger partial charge >= 0.3 is 0 Å². The van der Waals surface area contributed by atoms with Gasteiger partial charge in [-0.15, -0.1) is 0 Å². The Morgan fingerprint density at radius 2 is 1.55 bits per heavy atom. The van der Waals surface area contributed by atoms with Crippen molar-refractivity contribution in [3.8, 4) is 0 Å². The first-order valence-corrected chi connectivity index (χ1v) is 11.5. The van der Waals surface area contributed by atoms with E-state index in [0.717, 1.165) is 12.0 Å². The minimum absolute atomic E-state index is 0.0574. The summed E-state index contributed by atoms with van der Waals surface area (Å²) < 4.78 is 22.7. The number of hydrogen-bond donors (Lipinski definition) is 3. The molecule has 0 spiro atoms. The molecule has 1 amide bonds. The van der Waals surface area contributed by atoms with Crippen LogP contribution in [0.4, 0.5) is 0 Å². The molecule has 2 rings (SSSR count). The van der Waals surface area contributed by atoms with Crippen LogP contribution < -0.4 is 15.8 Å². The van der Waals surface area contributed by atoms with Gasteiger partial charge in [0.05, 0.1) is 10.9 Å². The minimum atomic E-state index is -3.72. The summed E-state index contributed by atoms with van der Waals surface area (Å²) in [5.41, 5.74) is 3.34. The fraction of sp³-hybridized carbons (Fsp3) is 0.409. The zero-order chi connectivity index (χ0) is 21.6. The molecule has 0 aliphatic rings. The van der Waals surface area contributed by atoms with Gasteiger partial charge in [0.1, 0.15) is 6.04 Å². The number of carbonyl (C=O) groups excluding carboxylic acids is 1. The first-order chi connectivity index (χ1) is 13.6. The summed E-state index contributed by atoms with van der Waals surface area (Å²) in [6.07, 6.45) is 1.01. The molecule has 0 aliphatic carbocycles. The molecule has 7 heteroatoms. The van der Waals surface area contributed by atoms with Crippen molar-refractivity contribution in [2.75, 3.05) is 6.54 Å². The van der Waals surface area contributed by atoms with E-state index in [-0.39, 0.29) is 22.9 Å². The van der Waals surface area contributed by atoms with Crippen LogP contribution >= 0.6 is 0 Å². The second-order valence-corrected chi connectivity index (χ2v) is 9.27. The van der Waals surface area contributed by atoms with Gasteiger partial charge in [0.25, 0.3) is 5.91 Å². The van der Waals surface area contributed by atoms with Gasteiger partial charge in [-0.05, 0) is 36.6 Å². The largest absolute Gasteiger partial charge is 0.345 e. The number of quaternary nitrogens is 1. The van der Waals surface area contributed by atoms with Gasteiger partial charge in [0, 0.05) is 11.5 Å². The van der Waals surface area contributed by atoms with Crippen molar-refractivity contribution in [1.82, 2.24) is 5.32 Å². The summed E-state index contributed by atoms with van der Waals surface area (Å²) in [4.78, 5) is 12.5. The number of primary sulfonamides is 1. The highest BCUT2D eigenvalue weighted by Crippen LogP contribution is 2.18. The monoisotopic (exact) mass is 418 g/mol. The van der Waals surface area contributed by atoms with E-state index >= 15 is 0 Å². The average molecular weight is 419 g/mol. The zero-order valence-corrected chi connectivity index (χ0v) is 18.4. The van der Waals surface area contributed by atoms with E-state index in [2.05, 4.69) is 55.7 Å². The number of rotatable bonds is 9. The van der Waals surface area contributed by atoms with Gasteiger partial charge in [-0.1, -0.05) is 57.2 Å². The molecule has 0 saturated heterocycles. The molecule has 0 saturated carbocycles. The molecule has 29 heavy (non-hydrogen) atoms. The molecule has 0 bridgehead atoms. The lowest BCUT2D eigenvalue weighted by Gasteiger charge is -2.21. The van der Waals surface area contributed by atoms with Gasteiger partial charge in [-0.2, -0.15) is 0 Å². The smallest absolute Gasteiger partial charge is 0.275 e. The van der Waals surface area contributed by atoms with E-state index in [1.54, 1.807) is 12.1 Å². The molecule has 2 atom stereocenters. The molecule has 0 aliphatic heterocycles. The van der Waals surface area contributed by atoms with Crippen molar-refractivity contribution in [3.63, 3.8) is 0 Å². The lowest BCUT2D eigenvalue weighted by Crippen LogP contribution is -2.88. The highest BCUT2D eigenvalue weighted by Gasteiger charge is 2.21. The highest BCUT2D eigenvalue weighted by molar-refractivity contribution is 7.89. The lowest BCUT2D eigenvalue weighted by molar-refractivity contribution is -0.692. The van der Waals surface area contributed by atoms with Crippen LogP contribution in [0.2, 0.25) is 0 Å². The Morgan fingerprint density at radius 1 is 1.00 bits per heavy atom. The topological polar surface area (TPSA) is 106 Å². The van der Waals surface area contributed by atoms with E-state index in [9.17, 15) is 13.2 Å². The summed E-state index contributed by atoms with van der Waals surface area (Å²) >= 11 is 0. The van der Waals surface area contributed by atoms with Gasteiger partial charge in [0.2, 0.25) is 10.0 Å². The van der Waals surface area contributed by atoms with Crippen LogP contribution in [-0.2, 0) is 21.2 Å². The van der Waals surface area contributed by atoms with Crippen LogP contribution in [0.25, 0.3) is 0 Å². The summed E-state index contributed by atoms with van der Waals surface area (Å²) in [6.45, 7) is 8.63. The van der Waals surface area contributed by atoms with E-state index in [4.69, 9.17) is 5.14 Å². The molecule has 6 nitrogen and oxygen atoms in total. The number of aryl methyl sites for hydroxylation is 1. The molecule has 0 unspecified atom stereocenters. The number of nitrogens with two attached hydrogens (primary N) is 2. The molecule has 2 aromatic rings. The SMILES string of the molecule is CCc1ccc([C@H]([NH2+]CC(=O)N[C@H](C)c2ccc(S(N)(=O)=O)cc2)C(C)C)cc1. The molecule has 5 N–H and O–H groups in total. The maximum absolute atomic E-state index is 12.5. The summed E-state index contributed by atoms with van der Waals surface area (Å²) in [5, 5.41) is 10.2. The second kappa shape index (κ2) is 10.0. The van der Waals surface area contributed by atoms with E-state index in [0.29, 0.717) is 12.5 Å². The molecule has 0 heterocycles. The Morgan fingerprint density at radius 3 is 2.03 bits per heavy atom. The Balaban J connectivity index is 1.96. The molecule has 0 radical (unpaired) electrons. The third kappa shape index (κ3) is 6.66. The quantitative estimate of drug-likeness (QED) is 0.580. The number of carbonyl (C=O) groups is 1. The van der Waals surface area contributed by atoms with Crippen LogP contribution in [0.15, 0.2) is 53.4 Å². The number of amides is 1. The zero-order valence-electron chi connectivity index (χ0n) is 17.6. The van der Waals surface area contributed by atoms with Crippen LogP contribution in [0.5, 0.6) is 0 Å². The van der Waals surface area contributed by atoms with Gasteiger partial charge in [-0.25, -0.2) is 13.6 Å². The molecule has 0 fully saturated rings. The Bertz CT molecular complexity index is 907. The number of hydrogen-bond acceptors (Lipinski definition) is 3. The third-order valence-corrected chi connectivity index (χ3v) is 6.06. The van der Waals surface area contributed by atoms with Crippen LogP contribution in [0.3, 0.4) is 0 Å².